The molecule has 0 saturated carbocycles. The van der Waals surface area contributed by atoms with Gasteiger partial charge in [-0.2, -0.15) is 0 Å². The Morgan fingerprint density at radius 3 is 1.42 bits per heavy atom. The number of hydrogen-bond acceptors (Lipinski definition) is 4. The molecule has 0 bridgehead atoms. The van der Waals surface area contributed by atoms with E-state index in [1.165, 1.54) is 0 Å². The van der Waals surface area contributed by atoms with Gasteiger partial charge < -0.3 is 0 Å². The molecule has 0 aliphatic rings. The Balaban J connectivity index is 2.21. The third-order valence-electron chi connectivity index (χ3n) is 3.73. The molecule has 0 atom stereocenters. The second kappa shape index (κ2) is 6.17. The van der Waals surface area contributed by atoms with Crippen molar-refractivity contribution in [3.05, 3.63) is 65.7 Å². The minimum absolute atomic E-state index is 0.156. The molecule has 5 heteroatoms. The smallest absolute Gasteiger partial charge is 0.221 e. The standard InChI is InChI=1S/C19H18N2O2S/c1-13-4-8-15(9-5-13)17-12-18(16-10-6-14(2)7-11-16)21-19(20-17)24(3,22)23/h4-12H,1-3H3. The zero-order valence-corrected chi connectivity index (χ0v) is 14.6. The Bertz CT molecular complexity index is 913. The summed E-state index contributed by atoms with van der Waals surface area (Å²) < 4.78 is 24.0. The molecule has 0 spiro atoms. The number of aromatic nitrogens is 2. The molecule has 1 aromatic heterocycles. The quantitative estimate of drug-likeness (QED) is 0.681. The molecular weight excluding hydrogens is 320 g/mol. The lowest BCUT2D eigenvalue weighted by molar-refractivity contribution is 0.593. The van der Waals surface area contributed by atoms with Gasteiger partial charge in [-0.1, -0.05) is 59.7 Å². The van der Waals surface area contributed by atoms with E-state index in [9.17, 15) is 8.42 Å². The molecule has 3 aromatic rings. The normalized spacial score (nSPS) is 11.5. The van der Waals surface area contributed by atoms with E-state index in [0.717, 1.165) is 28.5 Å². The summed E-state index contributed by atoms with van der Waals surface area (Å²) in [7, 11) is -3.50. The number of rotatable bonds is 3. The van der Waals surface area contributed by atoms with Gasteiger partial charge in [-0.25, -0.2) is 18.4 Å². The second-order valence-corrected chi connectivity index (χ2v) is 7.83. The predicted molar refractivity (Wildman–Crippen MR) is 95.5 cm³/mol. The molecule has 0 saturated heterocycles. The average Bonchev–Trinajstić information content (AvgIpc) is 2.55. The van der Waals surface area contributed by atoms with E-state index in [4.69, 9.17) is 0 Å². The van der Waals surface area contributed by atoms with Crippen molar-refractivity contribution in [2.75, 3.05) is 6.26 Å². The number of hydrogen-bond donors (Lipinski definition) is 0. The summed E-state index contributed by atoms with van der Waals surface area (Å²) in [6.07, 6.45) is 1.13. The highest BCUT2D eigenvalue weighted by Crippen LogP contribution is 2.25. The van der Waals surface area contributed by atoms with Gasteiger partial charge in [-0.15, -0.1) is 0 Å². The van der Waals surface area contributed by atoms with Crippen LogP contribution in [0.4, 0.5) is 0 Å². The first-order valence-electron chi connectivity index (χ1n) is 7.56. The van der Waals surface area contributed by atoms with Gasteiger partial charge >= 0.3 is 0 Å². The van der Waals surface area contributed by atoms with Crippen LogP contribution in [-0.4, -0.2) is 24.6 Å². The molecule has 122 valence electrons. The molecule has 0 amide bonds. The summed E-state index contributed by atoms with van der Waals surface area (Å²) in [6.45, 7) is 4.01. The third-order valence-corrected chi connectivity index (χ3v) is 4.58. The summed E-state index contributed by atoms with van der Waals surface area (Å²) in [6, 6.07) is 17.5. The molecule has 2 aromatic carbocycles. The maximum absolute atomic E-state index is 12.0. The lowest BCUT2D eigenvalue weighted by atomic mass is 10.1. The monoisotopic (exact) mass is 338 g/mol. The minimum atomic E-state index is -3.50. The van der Waals surface area contributed by atoms with Crippen LogP contribution in [0.25, 0.3) is 22.5 Å². The van der Waals surface area contributed by atoms with Crippen LogP contribution in [0.3, 0.4) is 0 Å². The molecule has 24 heavy (non-hydrogen) atoms. The van der Waals surface area contributed by atoms with Crippen molar-refractivity contribution in [3.8, 4) is 22.5 Å². The van der Waals surface area contributed by atoms with Crippen molar-refractivity contribution in [1.29, 1.82) is 0 Å². The van der Waals surface area contributed by atoms with Crippen molar-refractivity contribution in [1.82, 2.24) is 9.97 Å². The Morgan fingerprint density at radius 1 is 0.708 bits per heavy atom. The van der Waals surface area contributed by atoms with Crippen molar-refractivity contribution >= 4 is 9.84 Å². The van der Waals surface area contributed by atoms with E-state index >= 15 is 0 Å². The first kappa shape index (κ1) is 16.3. The van der Waals surface area contributed by atoms with Gasteiger partial charge in [-0.05, 0) is 19.9 Å². The molecular formula is C19H18N2O2S. The summed E-state index contributed by atoms with van der Waals surface area (Å²) in [5, 5.41) is -0.156. The fourth-order valence-electron chi connectivity index (χ4n) is 2.34. The fraction of sp³-hybridized carbons (Fsp3) is 0.158. The molecule has 0 unspecified atom stereocenters. The maximum atomic E-state index is 12.0. The Labute approximate surface area is 142 Å². The molecule has 0 fully saturated rings. The highest BCUT2D eigenvalue weighted by Gasteiger charge is 2.16. The number of sulfone groups is 1. The number of benzene rings is 2. The van der Waals surface area contributed by atoms with Crippen molar-refractivity contribution in [2.24, 2.45) is 0 Å². The largest absolute Gasteiger partial charge is 0.247 e. The fourth-order valence-corrected chi connectivity index (χ4v) is 2.86. The SMILES string of the molecule is Cc1ccc(-c2cc(-c3ccc(C)cc3)nc(S(C)(=O)=O)n2)cc1. The highest BCUT2D eigenvalue weighted by atomic mass is 32.2. The topological polar surface area (TPSA) is 59.9 Å². The summed E-state index contributed by atoms with van der Waals surface area (Å²) in [4.78, 5) is 8.50. The number of aryl methyl sites for hydroxylation is 2. The first-order chi connectivity index (χ1) is 11.3. The summed E-state index contributed by atoms with van der Waals surface area (Å²) in [5.74, 6) is 0. The van der Waals surface area contributed by atoms with Crippen LogP contribution in [0.15, 0.2) is 59.8 Å². The van der Waals surface area contributed by atoms with Crippen LogP contribution in [0.2, 0.25) is 0 Å². The Kier molecular flexibility index (Phi) is 4.20. The van der Waals surface area contributed by atoms with Gasteiger partial charge in [0.15, 0.2) is 0 Å². The molecule has 1 heterocycles. The van der Waals surface area contributed by atoms with Gasteiger partial charge in [0.25, 0.3) is 0 Å². The van der Waals surface area contributed by atoms with E-state index in [1.54, 1.807) is 0 Å². The lowest BCUT2D eigenvalue weighted by Crippen LogP contribution is -2.06. The van der Waals surface area contributed by atoms with Crippen molar-refractivity contribution < 1.29 is 8.42 Å². The Morgan fingerprint density at radius 2 is 1.08 bits per heavy atom. The van der Waals surface area contributed by atoms with Crippen LogP contribution in [-0.2, 0) is 9.84 Å². The van der Waals surface area contributed by atoms with E-state index < -0.39 is 9.84 Å². The number of nitrogens with zero attached hydrogens (tertiary/aromatic N) is 2. The van der Waals surface area contributed by atoms with Gasteiger partial charge in [-0.3, -0.25) is 0 Å². The van der Waals surface area contributed by atoms with E-state index in [1.807, 2.05) is 68.4 Å². The zero-order chi connectivity index (χ0) is 17.3. The molecule has 0 aliphatic heterocycles. The predicted octanol–water partition coefficient (Wildman–Crippen LogP) is 3.83. The zero-order valence-electron chi connectivity index (χ0n) is 13.8. The second-order valence-electron chi connectivity index (χ2n) is 5.93. The van der Waals surface area contributed by atoms with E-state index in [2.05, 4.69) is 9.97 Å². The third kappa shape index (κ3) is 3.51. The Hall–Kier alpha value is -2.53. The molecule has 0 N–H and O–H groups in total. The van der Waals surface area contributed by atoms with Gasteiger partial charge in [0.05, 0.1) is 11.4 Å². The van der Waals surface area contributed by atoms with Crippen LogP contribution in [0, 0.1) is 13.8 Å². The lowest BCUT2D eigenvalue weighted by Gasteiger charge is -2.08. The van der Waals surface area contributed by atoms with Gasteiger partial charge in [0.1, 0.15) is 0 Å². The first-order valence-corrected chi connectivity index (χ1v) is 9.45. The molecule has 0 radical (unpaired) electrons. The average molecular weight is 338 g/mol. The van der Waals surface area contributed by atoms with Crippen molar-refractivity contribution in [3.63, 3.8) is 0 Å². The van der Waals surface area contributed by atoms with Gasteiger partial charge in [0.2, 0.25) is 15.0 Å². The van der Waals surface area contributed by atoms with Gasteiger partial charge in [0, 0.05) is 17.4 Å². The van der Waals surface area contributed by atoms with Crippen molar-refractivity contribution in [2.45, 2.75) is 19.0 Å². The van der Waals surface area contributed by atoms with E-state index in [-0.39, 0.29) is 5.16 Å². The minimum Gasteiger partial charge on any atom is -0.221 e. The van der Waals surface area contributed by atoms with E-state index in [0.29, 0.717) is 11.4 Å². The molecule has 3 rings (SSSR count). The maximum Gasteiger partial charge on any atom is 0.247 e. The highest BCUT2D eigenvalue weighted by molar-refractivity contribution is 7.90. The van der Waals surface area contributed by atoms with Crippen LogP contribution >= 0.6 is 0 Å². The summed E-state index contributed by atoms with van der Waals surface area (Å²) in [5.41, 5.74) is 5.19. The molecule has 4 nitrogen and oxygen atoms in total. The van der Waals surface area contributed by atoms with Crippen LogP contribution in [0.1, 0.15) is 11.1 Å². The van der Waals surface area contributed by atoms with Crippen LogP contribution in [0.5, 0.6) is 0 Å². The molecule has 0 aliphatic carbocycles. The van der Waals surface area contributed by atoms with Crippen LogP contribution < -0.4 is 0 Å². The summed E-state index contributed by atoms with van der Waals surface area (Å²) >= 11 is 0.